The lowest BCUT2D eigenvalue weighted by Gasteiger charge is -2.12. The van der Waals surface area contributed by atoms with Gasteiger partial charge in [-0.2, -0.15) is 13.2 Å². The molecular formula is C18H21F3N4O3S. The van der Waals surface area contributed by atoms with Gasteiger partial charge < -0.3 is 20.9 Å². The van der Waals surface area contributed by atoms with E-state index in [4.69, 9.17) is 10.3 Å². The van der Waals surface area contributed by atoms with Crippen LogP contribution in [0.2, 0.25) is 0 Å². The van der Waals surface area contributed by atoms with Crippen LogP contribution in [0.15, 0.2) is 36.4 Å². The van der Waals surface area contributed by atoms with E-state index < -0.39 is 23.0 Å². The number of nitrogens with two attached hydrogens (primary N) is 1. The number of anilines is 1. The fourth-order valence-electron chi connectivity index (χ4n) is 2.46. The molecule has 1 amide bonds. The molecule has 1 heterocycles. The van der Waals surface area contributed by atoms with Crippen molar-refractivity contribution in [3.05, 3.63) is 58.8 Å². The Morgan fingerprint density at radius 3 is 2.62 bits per heavy atom. The summed E-state index contributed by atoms with van der Waals surface area (Å²) in [6.07, 6.45) is -4.22. The predicted molar refractivity (Wildman–Crippen MR) is 103 cm³/mol. The first-order valence-corrected chi connectivity index (χ1v) is 9.93. The highest BCUT2D eigenvalue weighted by Gasteiger charge is 2.33. The third-order valence-corrected chi connectivity index (χ3v) is 4.49. The van der Waals surface area contributed by atoms with Gasteiger partial charge in [-0.05, 0) is 41.8 Å². The van der Waals surface area contributed by atoms with E-state index in [1.54, 1.807) is 24.3 Å². The van der Waals surface area contributed by atoms with Crippen LogP contribution in [-0.2, 0) is 30.3 Å². The zero-order chi connectivity index (χ0) is 21.4. The molecular weight excluding hydrogens is 409 g/mol. The van der Waals surface area contributed by atoms with Gasteiger partial charge in [-0.1, -0.05) is 12.1 Å². The Labute approximate surface area is 168 Å². The van der Waals surface area contributed by atoms with E-state index in [2.05, 4.69) is 15.6 Å². The number of carbonyl (C=O) groups is 1. The fraction of sp³-hybridized carbons (Fsp3) is 0.333. The van der Waals surface area contributed by atoms with Crippen molar-refractivity contribution in [3.63, 3.8) is 0 Å². The molecule has 1 atom stereocenters. The normalized spacial score (nSPS) is 12.4. The Bertz CT molecular complexity index is 878. The van der Waals surface area contributed by atoms with Crippen molar-refractivity contribution < 1.29 is 26.7 Å². The Kier molecular flexibility index (Phi) is 8.11. The second-order valence-electron chi connectivity index (χ2n) is 6.14. The van der Waals surface area contributed by atoms with Gasteiger partial charge in [0.1, 0.15) is 11.5 Å². The molecule has 158 valence electrons. The van der Waals surface area contributed by atoms with E-state index in [1.807, 2.05) is 0 Å². The summed E-state index contributed by atoms with van der Waals surface area (Å²) < 4.78 is 58.1. The quantitative estimate of drug-likeness (QED) is 0.359. The van der Waals surface area contributed by atoms with E-state index in [0.717, 1.165) is 6.07 Å². The highest BCUT2D eigenvalue weighted by atomic mass is 32.2. The molecule has 0 radical (unpaired) electrons. The molecule has 0 saturated heterocycles. The number of alkyl halides is 3. The van der Waals surface area contributed by atoms with Crippen molar-refractivity contribution in [1.29, 1.82) is 0 Å². The van der Waals surface area contributed by atoms with Crippen molar-refractivity contribution in [2.45, 2.75) is 25.7 Å². The molecule has 0 fully saturated rings. The van der Waals surface area contributed by atoms with Crippen LogP contribution in [0.25, 0.3) is 0 Å². The first-order chi connectivity index (χ1) is 13.7. The van der Waals surface area contributed by atoms with Gasteiger partial charge >= 0.3 is 6.18 Å². The molecule has 29 heavy (non-hydrogen) atoms. The number of hydrogen-bond acceptors (Lipinski definition) is 5. The molecule has 7 nitrogen and oxygen atoms in total. The number of pyridine rings is 1. The third-order valence-electron chi connectivity index (χ3n) is 3.86. The van der Waals surface area contributed by atoms with Crippen LogP contribution in [0.5, 0.6) is 0 Å². The van der Waals surface area contributed by atoms with Crippen LogP contribution in [0.1, 0.15) is 33.6 Å². The number of nitrogens with one attached hydrogen (secondary N) is 2. The lowest BCUT2D eigenvalue weighted by Crippen LogP contribution is -2.25. The van der Waals surface area contributed by atoms with Crippen molar-refractivity contribution in [1.82, 2.24) is 10.3 Å². The fourth-order valence-corrected chi connectivity index (χ4v) is 2.85. The molecule has 0 saturated carbocycles. The zero-order valence-electron chi connectivity index (χ0n) is 15.3. The predicted octanol–water partition coefficient (Wildman–Crippen LogP) is 2.51. The van der Waals surface area contributed by atoms with Gasteiger partial charge in [-0.3, -0.25) is 4.79 Å². The largest absolute Gasteiger partial charge is 0.433 e. The van der Waals surface area contributed by atoms with Gasteiger partial charge in [0.15, 0.2) is 11.1 Å². The van der Waals surface area contributed by atoms with Crippen molar-refractivity contribution >= 4 is 22.8 Å². The van der Waals surface area contributed by atoms with Gasteiger partial charge in [0.2, 0.25) is 0 Å². The Morgan fingerprint density at radius 1 is 1.21 bits per heavy atom. The molecule has 1 unspecified atom stereocenters. The maximum atomic E-state index is 13.0. The molecule has 11 heteroatoms. The SMILES string of the molecule is NCc1cc(NCc2cccc(C(=O)NCCCS(=O)O)c2)nc(C(F)(F)F)c1. The number of carbonyl (C=O) groups excluding carboxylic acids is 1. The smallest absolute Gasteiger partial charge is 0.366 e. The number of halogens is 3. The number of aromatic nitrogens is 1. The highest BCUT2D eigenvalue weighted by Crippen LogP contribution is 2.29. The van der Waals surface area contributed by atoms with E-state index >= 15 is 0 Å². The van der Waals surface area contributed by atoms with Crippen molar-refractivity contribution in [2.24, 2.45) is 5.73 Å². The minimum atomic E-state index is -4.58. The van der Waals surface area contributed by atoms with Crippen LogP contribution in [0.4, 0.5) is 19.0 Å². The van der Waals surface area contributed by atoms with Crippen LogP contribution in [0.3, 0.4) is 0 Å². The maximum absolute atomic E-state index is 13.0. The van der Waals surface area contributed by atoms with Gasteiger partial charge in [0.05, 0.1) is 5.75 Å². The topological polar surface area (TPSA) is 117 Å². The molecule has 0 aliphatic carbocycles. The van der Waals surface area contributed by atoms with Crippen molar-refractivity contribution in [2.75, 3.05) is 17.6 Å². The highest BCUT2D eigenvalue weighted by molar-refractivity contribution is 7.79. The molecule has 0 spiro atoms. The molecule has 0 aliphatic rings. The molecule has 1 aromatic heterocycles. The van der Waals surface area contributed by atoms with E-state index in [9.17, 15) is 22.2 Å². The Hall–Kier alpha value is -2.50. The van der Waals surface area contributed by atoms with E-state index in [1.165, 1.54) is 6.07 Å². The summed E-state index contributed by atoms with van der Waals surface area (Å²) in [6, 6.07) is 8.91. The standard InChI is InChI=1S/C18H21F3N4O3S/c19-18(20,21)15-8-13(10-22)9-16(25-15)24-11-12-3-1-4-14(7-12)17(26)23-5-2-6-29(27)28/h1,3-4,7-9H,2,5-6,10-11,22H2,(H,23,26)(H,24,25)(H,27,28). The summed E-state index contributed by atoms with van der Waals surface area (Å²) in [5.74, 6) is -0.246. The average Bonchev–Trinajstić information content (AvgIpc) is 2.68. The molecule has 2 aromatic rings. The van der Waals surface area contributed by atoms with Crippen LogP contribution in [-0.4, -0.2) is 32.0 Å². The first-order valence-electron chi connectivity index (χ1n) is 8.65. The lowest BCUT2D eigenvalue weighted by molar-refractivity contribution is -0.141. The second-order valence-corrected chi connectivity index (χ2v) is 7.19. The van der Waals surface area contributed by atoms with Crippen LogP contribution >= 0.6 is 0 Å². The molecule has 5 N–H and O–H groups in total. The Morgan fingerprint density at radius 2 is 1.97 bits per heavy atom. The Balaban J connectivity index is 2.02. The second kappa shape index (κ2) is 10.3. The summed E-state index contributed by atoms with van der Waals surface area (Å²) in [6.45, 7) is 0.354. The number of amides is 1. The molecule has 0 aliphatic heterocycles. The maximum Gasteiger partial charge on any atom is 0.433 e. The van der Waals surface area contributed by atoms with Crippen molar-refractivity contribution in [3.8, 4) is 0 Å². The monoisotopic (exact) mass is 430 g/mol. The minimum Gasteiger partial charge on any atom is -0.366 e. The van der Waals surface area contributed by atoms with Gasteiger partial charge in [-0.25, -0.2) is 9.19 Å². The van der Waals surface area contributed by atoms with Gasteiger partial charge in [-0.15, -0.1) is 0 Å². The average molecular weight is 430 g/mol. The van der Waals surface area contributed by atoms with Gasteiger partial charge in [0.25, 0.3) is 5.91 Å². The minimum absolute atomic E-state index is 0.0344. The molecule has 2 rings (SSSR count). The molecule has 1 aromatic carbocycles. The molecule has 0 bridgehead atoms. The zero-order valence-corrected chi connectivity index (χ0v) is 16.1. The van der Waals surface area contributed by atoms with E-state index in [-0.39, 0.29) is 37.1 Å². The lowest BCUT2D eigenvalue weighted by atomic mass is 10.1. The number of nitrogens with zero attached hydrogens (tertiary/aromatic N) is 1. The summed E-state index contributed by atoms with van der Waals surface area (Å²) >= 11 is -1.90. The first kappa shape index (κ1) is 22.8. The third kappa shape index (κ3) is 7.44. The summed E-state index contributed by atoms with van der Waals surface area (Å²) in [7, 11) is 0. The van der Waals surface area contributed by atoms with Crippen LogP contribution < -0.4 is 16.4 Å². The number of rotatable bonds is 9. The number of benzene rings is 1. The summed E-state index contributed by atoms with van der Waals surface area (Å²) in [5.41, 5.74) is 5.77. The van der Waals surface area contributed by atoms with Crippen LogP contribution in [0, 0.1) is 0 Å². The van der Waals surface area contributed by atoms with E-state index in [0.29, 0.717) is 23.1 Å². The van der Waals surface area contributed by atoms with Gasteiger partial charge in [0, 0.05) is 25.2 Å². The summed E-state index contributed by atoms with van der Waals surface area (Å²) in [4.78, 5) is 15.7. The number of hydrogen-bond donors (Lipinski definition) is 4. The summed E-state index contributed by atoms with van der Waals surface area (Å²) in [5, 5.41) is 5.46.